The molecule has 1 unspecified atom stereocenters. The van der Waals surface area contributed by atoms with Gasteiger partial charge in [0.25, 0.3) is 5.91 Å². The van der Waals surface area contributed by atoms with Crippen molar-refractivity contribution in [1.82, 2.24) is 10.3 Å². The van der Waals surface area contributed by atoms with E-state index in [1.54, 1.807) is 18.2 Å². The van der Waals surface area contributed by atoms with Crippen LogP contribution in [0, 0.1) is 0 Å². The number of para-hydroxylation sites is 1. The number of amides is 1. The lowest BCUT2D eigenvalue weighted by Gasteiger charge is -2.29. The van der Waals surface area contributed by atoms with Crippen molar-refractivity contribution in [2.24, 2.45) is 5.84 Å². The molecule has 0 spiro atoms. The zero-order valence-electron chi connectivity index (χ0n) is 11.4. The molecule has 0 aliphatic carbocycles. The maximum atomic E-state index is 11.6. The molecule has 1 aliphatic heterocycles. The number of aliphatic hydroxyl groups is 1. The van der Waals surface area contributed by atoms with Crippen molar-refractivity contribution in [2.45, 2.75) is 18.9 Å². The number of β-amino-alcohol motifs (C(OH)–C–C–N with tert-alkyl or cyclic N) is 1. The fourth-order valence-corrected chi connectivity index (χ4v) is 2.38. The van der Waals surface area contributed by atoms with Gasteiger partial charge in [0.2, 0.25) is 0 Å². The van der Waals surface area contributed by atoms with Crippen molar-refractivity contribution >= 4 is 5.91 Å². The molecule has 6 nitrogen and oxygen atoms in total. The Balaban J connectivity index is 1.86. The van der Waals surface area contributed by atoms with Gasteiger partial charge in [-0.15, -0.1) is 0 Å². The highest BCUT2D eigenvalue weighted by atomic mass is 16.5. The van der Waals surface area contributed by atoms with Crippen LogP contribution in [-0.2, 0) is 0 Å². The molecule has 1 atom stereocenters. The molecule has 0 aromatic heterocycles. The van der Waals surface area contributed by atoms with Crippen LogP contribution in [0.2, 0.25) is 0 Å². The summed E-state index contributed by atoms with van der Waals surface area (Å²) in [5, 5.41) is 9.60. The van der Waals surface area contributed by atoms with Crippen LogP contribution < -0.4 is 16.0 Å². The number of carbonyl (C=O) groups is 1. The Hall–Kier alpha value is -1.63. The first-order valence-electron chi connectivity index (χ1n) is 6.84. The highest BCUT2D eigenvalue weighted by Crippen LogP contribution is 2.17. The number of nitrogens with one attached hydrogen (secondary N) is 1. The number of nitrogen functional groups attached to an aromatic ring is 1. The summed E-state index contributed by atoms with van der Waals surface area (Å²) < 4.78 is 5.66. The Morgan fingerprint density at radius 1 is 1.50 bits per heavy atom. The third-order valence-corrected chi connectivity index (χ3v) is 3.41. The molecule has 1 aliphatic rings. The number of benzene rings is 1. The molecule has 1 fully saturated rings. The summed E-state index contributed by atoms with van der Waals surface area (Å²) in [6.45, 7) is 2.87. The quantitative estimate of drug-likeness (QED) is 0.405. The first-order chi connectivity index (χ1) is 9.70. The number of hydrogen-bond acceptors (Lipinski definition) is 5. The van der Waals surface area contributed by atoms with Crippen LogP contribution in [0.1, 0.15) is 23.2 Å². The predicted octanol–water partition coefficient (Wildman–Crippen LogP) is 0.126. The monoisotopic (exact) mass is 279 g/mol. The fourth-order valence-electron chi connectivity index (χ4n) is 2.38. The highest BCUT2D eigenvalue weighted by molar-refractivity contribution is 5.96. The van der Waals surface area contributed by atoms with Crippen molar-refractivity contribution in [3.63, 3.8) is 0 Å². The van der Waals surface area contributed by atoms with E-state index in [4.69, 9.17) is 10.6 Å². The third kappa shape index (κ3) is 3.93. The minimum absolute atomic E-state index is 0.237. The Morgan fingerprint density at radius 2 is 2.30 bits per heavy atom. The van der Waals surface area contributed by atoms with Crippen LogP contribution in [0.3, 0.4) is 0 Å². The standard InChI is InChI=1S/C14H21N3O3/c15-16-14(19)12-5-1-2-6-13(12)20-9-8-17-7-3-4-11(18)10-17/h1-2,5-6,11,18H,3-4,7-10,15H2,(H,16,19). The third-order valence-electron chi connectivity index (χ3n) is 3.41. The van der Waals surface area contributed by atoms with Crippen LogP contribution in [0.15, 0.2) is 24.3 Å². The second-order valence-electron chi connectivity index (χ2n) is 4.91. The molecule has 0 bridgehead atoms. The van der Waals surface area contributed by atoms with E-state index in [2.05, 4.69) is 10.3 Å². The highest BCUT2D eigenvalue weighted by Gasteiger charge is 2.17. The number of ether oxygens (including phenoxy) is 1. The van der Waals surface area contributed by atoms with Gasteiger partial charge in [-0.2, -0.15) is 0 Å². The molecule has 6 heteroatoms. The average Bonchev–Trinajstić information content (AvgIpc) is 2.47. The molecule has 2 rings (SSSR count). The number of piperidine rings is 1. The number of nitrogens with two attached hydrogens (primary N) is 1. The Labute approximate surface area is 118 Å². The van der Waals surface area contributed by atoms with Gasteiger partial charge >= 0.3 is 0 Å². The molecule has 1 heterocycles. The second-order valence-corrected chi connectivity index (χ2v) is 4.91. The van der Waals surface area contributed by atoms with Gasteiger partial charge in [-0.05, 0) is 31.5 Å². The van der Waals surface area contributed by atoms with Crippen molar-refractivity contribution in [3.8, 4) is 5.75 Å². The number of rotatable bonds is 5. The van der Waals surface area contributed by atoms with Crippen molar-refractivity contribution in [3.05, 3.63) is 29.8 Å². The van der Waals surface area contributed by atoms with Crippen LogP contribution >= 0.6 is 0 Å². The van der Waals surface area contributed by atoms with E-state index in [0.29, 0.717) is 24.5 Å². The molecule has 1 aromatic carbocycles. The van der Waals surface area contributed by atoms with Crippen LogP contribution in [-0.4, -0.2) is 48.3 Å². The number of carbonyl (C=O) groups excluding carboxylic acids is 1. The fraction of sp³-hybridized carbons (Fsp3) is 0.500. The number of likely N-dealkylation sites (tertiary alicyclic amines) is 1. The lowest BCUT2D eigenvalue weighted by Crippen LogP contribution is -2.40. The molecule has 0 saturated carbocycles. The molecular formula is C14H21N3O3. The molecule has 0 radical (unpaired) electrons. The van der Waals surface area contributed by atoms with Crippen molar-refractivity contribution < 1.29 is 14.6 Å². The molecule has 1 saturated heterocycles. The summed E-state index contributed by atoms with van der Waals surface area (Å²) in [5.74, 6) is 5.30. The zero-order chi connectivity index (χ0) is 14.4. The number of aliphatic hydroxyl groups excluding tert-OH is 1. The molecule has 1 amide bonds. The Bertz CT molecular complexity index is 453. The Kier molecular flexibility index (Phi) is 5.34. The molecule has 4 N–H and O–H groups in total. The van der Waals surface area contributed by atoms with Crippen LogP contribution in [0.25, 0.3) is 0 Å². The van der Waals surface area contributed by atoms with Crippen molar-refractivity contribution in [2.75, 3.05) is 26.2 Å². The van der Waals surface area contributed by atoms with E-state index >= 15 is 0 Å². The minimum Gasteiger partial charge on any atom is -0.491 e. The van der Waals surface area contributed by atoms with Gasteiger partial charge in [0.05, 0.1) is 11.7 Å². The SMILES string of the molecule is NNC(=O)c1ccccc1OCCN1CCCC(O)C1. The Morgan fingerprint density at radius 3 is 3.05 bits per heavy atom. The van der Waals surface area contributed by atoms with E-state index < -0.39 is 0 Å². The zero-order valence-corrected chi connectivity index (χ0v) is 11.4. The van der Waals surface area contributed by atoms with Crippen molar-refractivity contribution in [1.29, 1.82) is 0 Å². The summed E-state index contributed by atoms with van der Waals surface area (Å²) in [7, 11) is 0. The van der Waals surface area contributed by atoms with Crippen LogP contribution in [0.5, 0.6) is 5.75 Å². The summed E-state index contributed by atoms with van der Waals surface area (Å²) >= 11 is 0. The predicted molar refractivity (Wildman–Crippen MR) is 75.3 cm³/mol. The molecule has 20 heavy (non-hydrogen) atoms. The number of hydrogen-bond donors (Lipinski definition) is 3. The first kappa shape index (κ1) is 14.8. The largest absolute Gasteiger partial charge is 0.491 e. The van der Waals surface area contributed by atoms with E-state index in [1.807, 2.05) is 6.07 Å². The lowest BCUT2D eigenvalue weighted by atomic mass is 10.1. The van der Waals surface area contributed by atoms with E-state index in [-0.39, 0.29) is 12.0 Å². The van der Waals surface area contributed by atoms with Gasteiger partial charge in [0.1, 0.15) is 12.4 Å². The van der Waals surface area contributed by atoms with Gasteiger partial charge in [0.15, 0.2) is 0 Å². The molecule has 110 valence electrons. The maximum Gasteiger partial charge on any atom is 0.268 e. The topological polar surface area (TPSA) is 87.8 Å². The normalized spacial score (nSPS) is 19.6. The number of hydrazine groups is 1. The summed E-state index contributed by atoms with van der Waals surface area (Å²) in [6, 6.07) is 6.99. The van der Waals surface area contributed by atoms with E-state index in [0.717, 1.165) is 25.9 Å². The average molecular weight is 279 g/mol. The summed E-state index contributed by atoms with van der Waals surface area (Å²) in [5.41, 5.74) is 2.53. The van der Waals surface area contributed by atoms with Crippen LogP contribution in [0.4, 0.5) is 0 Å². The van der Waals surface area contributed by atoms with Gasteiger partial charge in [-0.1, -0.05) is 12.1 Å². The minimum atomic E-state index is -0.367. The smallest absolute Gasteiger partial charge is 0.268 e. The van der Waals surface area contributed by atoms with Gasteiger partial charge in [-0.25, -0.2) is 5.84 Å². The van der Waals surface area contributed by atoms with Gasteiger partial charge in [0, 0.05) is 13.1 Å². The maximum absolute atomic E-state index is 11.6. The van der Waals surface area contributed by atoms with E-state index in [9.17, 15) is 9.90 Å². The lowest BCUT2D eigenvalue weighted by molar-refractivity contribution is 0.0632. The molecule has 1 aromatic rings. The second kappa shape index (κ2) is 7.23. The first-order valence-corrected chi connectivity index (χ1v) is 6.84. The summed E-state index contributed by atoms with van der Waals surface area (Å²) in [4.78, 5) is 13.7. The number of nitrogens with zero attached hydrogens (tertiary/aromatic N) is 1. The van der Waals surface area contributed by atoms with E-state index in [1.165, 1.54) is 0 Å². The van der Waals surface area contributed by atoms with Gasteiger partial charge < -0.3 is 9.84 Å². The molecular weight excluding hydrogens is 258 g/mol. The summed E-state index contributed by atoms with van der Waals surface area (Å²) in [6.07, 6.45) is 1.64. The van der Waals surface area contributed by atoms with Gasteiger partial charge in [-0.3, -0.25) is 15.1 Å².